The average molecular weight is 331 g/mol. The lowest BCUT2D eigenvalue weighted by atomic mass is 9.88. The molecule has 23 heavy (non-hydrogen) atoms. The Balaban J connectivity index is 2.25. The summed E-state index contributed by atoms with van der Waals surface area (Å²) in [5, 5.41) is 0.640. The number of nitrogens with two attached hydrogens (primary N) is 1. The summed E-state index contributed by atoms with van der Waals surface area (Å²) in [6, 6.07) is 8.02. The number of carbonyl (C=O) groups is 1. The van der Waals surface area contributed by atoms with E-state index in [0.29, 0.717) is 11.5 Å². The molecular weight excluding hydrogens is 308 g/mol. The molecule has 0 saturated heterocycles. The minimum atomic E-state index is -0.466. The van der Waals surface area contributed by atoms with Gasteiger partial charge in [-0.3, -0.25) is 9.79 Å². The Hall–Kier alpha value is -1.87. The highest BCUT2D eigenvalue weighted by Gasteiger charge is 2.50. The van der Waals surface area contributed by atoms with Crippen molar-refractivity contribution in [3.8, 4) is 0 Å². The van der Waals surface area contributed by atoms with Gasteiger partial charge in [0, 0.05) is 5.70 Å². The molecule has 0 unspecified atom stereocenters. The van der Waals surface area contributed by atoms with Crippen LogP contribution in [-0.4, -0.2) is 11.6 Å². The van der Waals surface area contributed by atoms with Gasteiger partial charge in [-0.25, -0.2) is 0 Å². The summed E-state index contributed by atoms with van der Waals surface area (Å²) in [4.78, 5) is 16.3. The van der Waals surface area contributed by atoms with Crippen molar-refractivity contribution in [2.75, 3.05) is 0 Å². The van der Waals surface area contributed by atoms with Gasteiger partial charge in [0.05, 0.1) is 16.2 Å². The largest absolute Gasteiger partial charge is 0.369 e. The van der Waals surface area contributed by atoms with Crippen LogP contribution in [0, 0.1) is 0 Å². The van der Waals surface area contributed by atoms with Gasteiger partial charge < -0.3 is 5.73 Å². The molecule has 0 heterocycles. The van der Waals surface area contributed by atoms with E-state index in [1.165, 1.54) is 0 Å². The van der Waals surface area contributed by atoms with Gasteiger partial charge >= 0.3 is 0 Å². The quantitative estimate of drug-likeness (QED) is 0.746. The number of hydrogen-bond acceptors (Lipinski definition) is 2. The van der Waals surface area contributed by atoms with Crippen LogP contribution in [0.3, 0.4) is 0 Å². The predicted octanol–water partition coefficient (Wildman–Crippen LogP) is 4.25. The Morgan fingerprint density at radius 2 is 2.09 bits per heavy atom. The van der Waals surface area contributed by atoms with Crippen molar-refractivity contribution >= 4 is 23.2 Å². The molecule has 0 spiro atoms. The summed E-state index contributed by atoms with van der Waals surface area (Å²) in [7, 11) is 0. The Labute approximate surface area is 142 Å². The number of halogens is 1. The van der Waals surface area contributed by atoms with Crippen molar-refractivity contribution in [3.63, 3.8) is 0 Å². The van der Waals surface area contributed by atoms with Gasteiger partial charge in [-0.15, -0.1) is 0 Å². The zero-order valence-electron chi connectivity index (χ0n) is 13.7. The number of nitrogens with zero attached hydrogens (tertiary/aromatic N) is 1. The van der Waals surface area contributed by atoms with Crippen molar-refractivity contribution in [1.82, 2.24) is 0 Å². The Morgan fingerprint density at radius 3 is 2.61 bits per heavy atom. The van der Waals surface area contributed by atoms with E-state index >= 15 is 0 Å². The molecular formula is C19H23ClN2O. The van der Waals surface area contributed by atoms with Crippen LogP contribution in [-0.2, 0) is 16.6 Å². The van der Waals surface area contributed by atoms with Gasteiger partial charge in [0.15, 0.2) is 0 Å². The molecule has 1 aromatic carbocycles. The summed E-state index contributed by atoms with van der Waals surface area (Å²) >= 11 is 6.25. The van der Waals surface area contributed by atoms with Crippen molar-refractivity contribution in [1.29, 1.82) is 0 Å². The lowest BCUT2D eigenvalue weighted by molar-refractivity contribution is -0.120. The molecule has 2 rings (SSSR count). The Morgan fingerprint density at radius 1 is 1.43 bits per heavy atom. The zero-order valence-corrected chi connectivity index (χ0v) is 14.5. The van der Waals surface area contributed by atoms with Crippen LogP contribution in [0.2, 0.25) is 0 Å². The molecule has 0 atom stereocenters. The van der Waals surface area contributed by atoms with Gasteiger partial charge in [-0.2, -0.15) is 0 Å². The molecule has 4 heteroatoms. The first-order valence-electron chi connectivity index (χ1n) is 7.84. The monoisotopic (exact) mass is 330 g/mol. The predicted molar refractivity (Wildman–Crippen MR) is 96.7 cm³/mol. The minimum Gasteiger partial charge on any atom is -0.369 e. The number of rotatable bonds is 7. The first-order valence-corrected chi connectivity index (χ1v) is 8.22. The third kappa shape index (κ3) is 3.91. The summed E-state index contributed by atoms with van der Waals surface area (Å²) in [5.74, 6) is -0.229. The summed E-state index contributed by atoms with van der Waals surface area (Å²) in [6.07, 6.45) is 4.97. The van der Waals surface area contributed by atoms with Gasteiger partial charge in [0.2, 0.25) is 5.91 Å². The maximum absolute atomic E-state index is 11.8. The van der Waals surface area contributed by atoms with E-state index < -0.39 is 5.41 Å². The lowest BCUT2D eigenvalue weighted by Crippen LogP contribution is -2.29. The van der Waals surface area contributed by atoms with E-state index in [1.807, 2.05) is 38.1 Å². The molecule has 2 N–H and O–H groups in total. The third-order valence-corrected chi connectivity index (χ3v) is 4.68. The minimum absolute atomic E-state index is 0.229. The molecule has 0 aliphatic heterocycles. The highest BCUT2D eigenvalue weighted by atomic mass is 35.5. The van der Waals surface area contributed by atoms with Gasteiger partial charge in [-0.1, -0.05) is 48.5 Å². The van der Waals surface area contributed by atoms with Crippen molar-refractivity contribution in [2.45, 2.75) is 44.9 Å². The molecule has 1 fully saturated rings. The number of aryl methyl sites for hydroxylation is 1. The molecule has 1 saturated carbocycles. The van der Waals surface area contributed by atoms with Crippen LogP contribution >= 0.6 is 11.6 Å². The number of hydrogen-bond donors (Lipinski definition) is 1. The summed E-state index contributed by atoms with van der Waals surface area (Å²) in [6.45, 7) is 7.55. The number of carbonyl (C=O) groups excluding carboxylic acids is 1. The maximum atomic E-state index is 11.8. The highest BCUT2D eigenvalue weighted by molar-refractivity contribution is 6.43. The first kappa shape index (κ1) is 17.5. The van der Waals surface area contributed by atoms with Crippen LogP contribution < -0.4 is 5.73 Å². The lowest BCUT2D eigenvalue weighted by Gasteiger charge is -2.17. The number of allylic oxidation sites excluding steroid dienone is 3. The fourth-order valence-electron chi connectivity index (χ4n) is 2.86. The van der Waals surface area contributed by atoms with E-state index in [2.05, 4.69) is 17.6 Å². The van der Waals surface area contributed by atoms with E-state index in [1.54, 1.807) is 0 Å². The van der Waals surface area contributed by atoms with E-state index in [-0.39, 0.29) is 5.91 Å². The molecule has 1 amide bonds. The molecule has 3 nitrogen and oxygen atoms in total. The highest BCUT2D eigenvalue weighted by Crippen LogP contribution is 2.49. The van der Waals surface area contributed by atoms with Crippen LogP contribution in [0.4, 0.5) is 0 Å². The molecule has 0 aromatic heterocycles. The summed E-state index contributed by atoms with van der Waals surface area (Å²) < 4.78 is 0. The molecule has 1 aromatic rings. The standard InChI is InChI=1S/C19H23ClN2O/c1-4-16(20)17(22-13(2)3)10-9-14-7-5-6-8-15(14)19(11-12-19)18(21)23/h4-8H,2,9-12H2,1,3H3,(H2,21,23)/b16-4+,22-17?. The second-order valence-electron chi connectivity index (χ2n) is 6.03. The van der Waals surface area contributed by atoms with Gasteiger partial charge in [0.25, 0.3) is 0 Å². The number of amides is 1. The van der Waals surface area contributed by atoms with Crippen LogP contribution in [0.1, 0.15) is 44.2 Å². The van der Waals surface area contributed by atoms with Crippen molar-refractivity contribution < 1.29 is 4.79 Å². The molecule has 0 radical (unpaired) electrons. The Bertz CT molecular complexity index is 684. The normalized spacial score (nSPS) is 17.0. The second-order valence-corrected chi connectivity index (χ2v) is 6.44. The zero-order chi connectivity index (χ0) is 17.0. The van der Waals surface area contributed by atoms with E-state index in [0.717, 1.165) is 41.8 Å². The molecule has 1 aliphatic rings. The number of aliphatic imine (C=N–C) groups is 1. The molecule has 0 bridgehead atoms. The second kappa shape index (κ2) is 7.14. The fraction of sp³-hybridized carbons (Fsp3) is 0.368. The van der Waals surface area contributed by atoms with Crippen LogP contribution in [0.15, 0.2) is 52.6 Å². The summed E-state index contributed by atoms with van der Waals surface area (Å²) in [5.41, 5.74) is 8.89. The smallest absolute Gasteiger partial charge is 0.228 e. The number of primary amides is 1. The van der Waals surface area contributed by atoms with E-state index in [4.69, 9.17) is 17.3 Å². The first-order chi connectivity index (χ1) is 10.9. The molecule has 1 aliphatic carbocycles. The maximum Gasteiger partial charge on any atom is 0.228 e. The third-order valence-electron chi connectivity index (χ3n) is 4.24. The van der Waals surface area contributed by atoms with Crippen molar-refractivity contribution in [3.05, 3.63) is 58.8 Å². The van der Waals surface area contributed by atoms with Crippen LogP contribution in [0.5, 0.6) is 0 Å². The van der Waals surface area contributed by atoms with E-state index in [9.17, 15) is 4.79 Å². The molecule has 122 valence electrons. The topological polar surface area (TPSA) is 55.4 Å². The van der Waals surface area contributed by atoms with Gasteiger partial charge in [0.1, 0.15) is 0 Å². The Kier molecular flexibility index (Phi) is 5.42. The van der Waals surface area contributed by atoms with Gasteiger partial charge in [-0.05, 0) is 50.7 Å². The number of benzene rings is 1. The fourth-order valence-corrected chi connectivity index (χ4v) is 2.99. The average Bonchev–Trinajstić information content (AvgIpc) is 3.32. The van der Waals surface area contributed by atoms with Crippen LogP contribution in [0.25, 0.3) is 0 Å². The SMILES string of the molecule is C=C(C)N=C(CCc1ccccc1C1(C(N)=O)CC1)/C(Cl)=C\C. The van der Waals surface area contributed by atoms with Crippen molar-refractivity contribution in [2.24, 2.45) is 10.7 Å².